The molecule has 1 aliphatic heterocycles. The third-order valence-electron chi connectivity index (χ3n) is 1.59. The monoisotopic (exact) mass is 164 g/mol. The summed E-state index contributed by atoms with van der Waals surface area (Å²) in [6, 6.07) is 0. The lowest BCUT2D eigenvalue weighted by Gasteiger charge is -2.34. The number of halogens is 1. The quantitative estimate of drug-likeness (QED) is 0.549. The Hall–Kier alpha value is 0.210. The van der Waals surface area contributed by atoms with Crippen molar-refractivity contribution < 1.29 is 9.47 Å². The molecule has 1 aliphatic rings. The van der Waals surface area contributed by atoms with Crippen molar-refractivity contribution in [1.29, 1.82) is 0 Å². The highest BCUT2D eigenvalue weighted by atomic mass is 35.5. The number of hydrogen-bond donors (Lipinski definition) is 0. The van der Waals surface area contributed by atoms with Gasteiger partial charge in [0.15, 0.2) is 5.79 Å². The van der Waals surface area contributed by atoms with Gasteiger partial charge in [-0.1, -0.05) is 6.92 Å². The van der Waals surface area contributed by atoms with E-state index in [2.05, 4.69) is 6.92 Å². The fraction of sp³-hybridized carbons (Fsp3) is 1.00. The Balaban J connectivity index is 2.38. The van der Waals surface area contributed by atoms with Crippen LogP contribution in [0.2, 0.25) is 0 Å². The van der Waals surface area contributed by atoms with Crippen molar-refractivity contribution in [3.8, 4) is 0 Å². The average Bonchev–Trinajstić information content (AvgIpc) is 1.96. The summed E-state index contributed by atoms with van der Waals surface area (Å²) in [5, 5.41) is 0. The summed E-state index contributed by atoms with van der Waals surface area (Å²) in [6.07, 6.45) is 0. The van der Waals surface area contributed by atoms with Gasteiger partial charge in [0.25, 0.3) is 0 Å². The maximum atomic E-state index is 5.62. The molecule has 0 atom stereocenters. The van der Waals surface area contributed by atoms with E-state index in [9.17, 15) is 0 Å². The van der Waals surface area contributed by atoms with Crippen molar-refractivity contribution in [1.82, 2.24) is 0 Å². The molecule has 2 nitrogen and oxygen atoms in total. The van der Waals surface area contributed by atoms with Gasteiger partial charge in [0.1, 0.15) is 0 Å². The Labute approximate surface area is 66.5 Å². The first-order valence-corrected chi connectivity index (χ1v) is 4.03. The van der Waals surface area contributed by atoms with Gasteiger partial charge in [-0.15, -0.1) is 11.6 Å². The van der Waals surface area contributed by atoms with Crippen molar-refractivity contribution in [2.24, 2.45) is 5.92 Å². The number of alkyl halides is 1. The second-order valence-electron chi connectivity index (χ2n) is 2.99. The summed E-state index contributed by atoms with van der Waals surface area (Å²) in [5.41, 5.74) is 0. The van der Waals surface area contributed by atoms with Crippen LogP contribution in [0.4, 0.5) is 0 Å². The Morgan fingerprint density at radius 3 is 2.40 bits per heavy atom. The molecule has 10 heavy (non-hydrogen) atoms. The summed E-state index contributed by atoms with van der Waals surface area (Å²) in [6.45, 7) is 5.46. The van der Waals surface area contributed by atoms with E-state index in [0.29, 0.717) is 11.8 Å². The SMILES string of the molecule is CC1COC(C)(CCl)OC1. The van der Waals surface area contributed by atoms with Crippen molar-refractivity contribution in [2.75, 3.05) is 19.1 Å². The van der Waals surface area contributed by atoms with E-state index in [1.807, 2.05) is 6.92 Å². The van der Waals surface area contributed by atoms with E-state index in [1.165, 1.54) is 0 Å². The van der Waals surface area contributed by atoms with Crippen molar-refractivity contribution >= 4 is 11.6 Å². The second kappa shape index (κ2) is 3.07. The molecule has 1 heterocycles. The van der Waals surface area contributed by atoms with Gasteiger partial charge in [-0.25, -0.2) is 0 Å². The molecule has 0 aromatic heterocycles. The maximum Gasteiger partial charge on any atom is 0.178 e. The molecule has 0 amide bonds. The number of ether oxygens (including phenoxy) is 2. The van der Waals surface area contributed by atoms with Gasteiger partial charge < -0.3 is 9.47 Å². The van der Waals surface area contributed by atoms with Crippen molar-refractivity contribution in [3.63, 3.8) is 0 Å². The average molecular weight is 165 g/mol. The van der Waals surface area contributed by atoms with Crippen LogP contribution in [0.3, 0.4) is 0 Å². The molecule has 1 rings (SSSR count). The minimum Gasteiger partial charge on any atom is -0.349 e. The van der Waals surface area contributed by atoms with Gasteiger partial charge in [-0.3, -0.25) is 0 Å². The predicted octanol–water partition coefficient (Wildman–Crippen LogP) is 1.62. The summed E-state index contributed by atoms with van der Waals surface area (Å²) in [5.74, 6) is 0.365. The minimum absolute atomic E-state index is 0.403. The van der Waals surface area contributed by atoms with Gasteiger partial charge in [0.05, 0.1) is 19.1 Å². The highest BCUT2D eigenvalue weighted by molar-refractivity contribution is 6.18. The first-order valence-electron chi connectivity index (χ1n) is 3.50. The molecule has 3 heteroatoms. The zero-order valence-corrected chi connectivity index (χ0v) is 7.15. The van der Waals surface area contributed by atoms with Crippen LogP contribution in [-0.4, -0.2) is 24.9 Å². The molecule has 0 spiro atoms. The van der Waals surface area contributed by atoms with Gasteiger partial charge >= 0.3 is 0 Å². The smallest absolute Gasteiger partial charge is 0.178 e. The van der Waals surface area contributed by atoms with E-state index in [0.717, 1.165) is 13.2 Å². The molecule has 0 bridgehead atoms. The minimum atomic E-state index is -0.534. The van der Waals surface area contributed by atoms with Crippen LogP contribution in [0.25, 0.3) is 0 Å². The maximum absolute atomic E-state index is 5.62. The summed E-state index contributed by atoms with van der Waals surface area (Å²) >= 11 is 5.62. The van der Waals surface area contributed by atoms with Gasteiger partial charge in [-0.05, 0) is 6.92 Å². The Morgan fingerprint density at radius 1 is 1.50 bits per heavy atom. The number of hydrogen-bond acceptors (Lipinski definition) is 2. The van der Waals surface area contributed by atoms with Crippen LogP contribution < -0.4 is 0 Å². The van der Waals surface area contributed by atoms with Crippen molar-refractivity contribution in [3.05, 3.63) is 0 Å². The van der Waals surface area contributed by atoms with E-state index in [-0.39, 0.29) is 0 Å². The fourth-order valence-electron chi connectivity index (χ4n) is 0.804. The van der Waals surface area contributed by atoms with Crippen LogP contribution in [0.5, 0.6) is 0 Å². The van der Waals surface area contributed by atoms with Gasteiger partial charge in [-0.2, -0.15) is 0 Å². The molecule has 60 valence electrons. The van der Waals surface area contributed by atoms with E-state index in [4.69, 9.17) is 21.1 Å². The molecule has 0 unspecified atom stereocenters. The van der Waals surface area contributed by atoms with E-state index >= 15 is 0 Å². The first kappa shape index (κ1) is 8.31. The van der Waals surface area contributed by atoms with Crippen LogP contribution >= 0.6 is 11.6 Å². The molecule has 1 saturated heterocycles. The fourth-order valence-corrected chi connectivity index (χ4v) is 0.958. The molecule has 0 aromatic rings. The van der Waals surface area contributed by atoms with Gasteiger partial charge in [0.2, 0.25) is 0 Å². The first-order chi connectivity index (χ1) is 4.66. The van der Waals surface area contributed by atoms with E-state index < -0.39 is 5.79 Å². The standard InChI is InChI=1S/C7H13ClO2/c1-6-3-9-7(2,5-8)10-4-6/h6H,3-5H2,1-2H3. The molecule has 0 saturated carbocycles. The van der Waals surface area contributed by atoms with Crippen LogP contribution in [0.1, 0.15) is 13.8 Å². The zero-order chi connectivity index (χ0) is 7.61. The van der Waals surface area contributed by atoms with Crippen LogP contribution in [0.15, 0.2) is 0 Å². The molecule has 0 aliphatic carbocycles. The van der Waals surface area contributed by atoms with Crippen LogP contribution in [-0.2, 0) is 9.47 Å². The predicted molar refractivity (Wildman–Crippen MR) is 40.2 cm³/mol. The Bertz CT molecular complexity index is 108. The Kier molecular flexibility index (Phi) is 2.55. The molecular weight excluding hydrogens is 152 g/mol. The van der Waals surface area contributed by atoms with Crippen LogP contribution in [0, 0.1) is 5.92 Å². The molecule has 1 fully saturated rings. The highest BCUT2D eigenvalue weighted by Gasteiger charge is 2.30. The molecule has 0 radical (unpaired) electrons. The molecule has 0 aromatic carbocycles. The summed E-state index contributed by atoms with van der Waals surface area (Å²) in [4.78, 5) is 0. The van der Waals surface area contributed by atoms with Crippen molar-refractivity contribution in [2.45, 2.75) is 19.6 Å². The lowest BCUT2D eigenvalue weighted by Crippen LogP contribution is -2.42. The van der Waals surface area contributed by atoms with E-state index in [1.54, 1.807) is 0 Å². The summed E-state index contributed by atoms with van der Waals surface area (Å²) in [7, 11) is 0. The lowest BCUT2D eigenvalue weighted by atomic mass is 10.2. The largest absolute Gasteiger partial charge is 0.349 e. The topological polar surface area (TPSA) is 18.5 Å². The normalized spacial score (nSPS) is 41.7. The third kappa shape index (κ3) is 1.84. The Morgan fingerprint density at radius 2 is 2.00 bits per heavy atom. The lowest BCUT2D eigenvalue weighted by molar-refractivity contribution is -0.257. The molecule has 0 N–H and O–H groups in total. The molecular formula is C7H13ClO2. The summed E-state index contributed by atoms with van der Waals surface area (Å²) < 4.78 is 10.7. The third-order valence-corrected chi connectivity index (χ3v) is 2.07. The van der Waals surface area contributed by atoms with Gasteiger partial charge in [0, 0.05) is 5.92 Å². The number of rotatable bonds is 1. The zero-order valence-electron chi connectivity index (χ0n) is 6.39. The highest BCUT2D eigenvalue weighted by Crippen LogP contribution is 2.21. The second-order valence-corrected chi connectivity index (χ2v) is 3.26.